The van der Waals surface area contributed by atoms with E-state index in [1.807, 2.05) is 23.9 Å². The molecule has 36 heavy (non-hydrogen) atoms. The van der Waals surface area contributed by atoms with E-state index in [1.165, 1.54) is 36.0 Å². The topological polar surface area (TPSA) is 106 Å². The molecule has 2 N–H and O–H groups in total. The Morgan fingerprint density at radius 2 is 2.06 bits per heavy atom. The molecule has 2 aliphatic carbocycles. The van der Waals surface area contributed by atoms with Crippen molar-refractivity contribution >= 4 is 22.9 Å². The lowest BCUT2D eigenvalue weighted by Crippen LogP contribution is -2.42. The Labute approximate surface area is 211 Å². The maximum absolute atomic E-state index is 12.6. The van der Waals surface area contributed by atoms with Crippen molar-refractivity contribution in [3.05, 3.63) is 59.2 Å². The number of fused-ring (bicyclic) bond motifs is 2. The van der Waals surface area contributed by atoms with Gasteiger partial charge in [0.15, 0.2) is 0 Å². The quantitative estimate of drug-likeness (QED) is 0.447. The van der Waals surface area contributed by atoms with E-state index in [0.717, 1.165) is 49.6 Å². The predicted octanol–water partition coefficient (Wildman–Crippen LogP) is 3.85. The lowest BCUT2D eigenvalue weighted by atomic mass is 9.79. The highest BCUT2D eigenvalue weighted by Crippen LogP contribution is 2.34. The number of nitrogens with one attached hydrogen (secondary N) is 1. The van der Waals surface area contributed by atoms with Gasteiger partial charge in [0.25, 0.3) is 5.91 Å². The summed E-state index contributed by atoms with van der Waals surface area (Å²) in [5, 5.41) is 13.0. The lowest BCUT2D eigenvalue weighted by molar-refractivity contribution is -0.140. The summed E-state index contributed by atoms with van der Waals surface area (Å²) in [6.07, 6.45) is 12.6. The van der Waals surface area contributed by atoms with Crippen LogP contribution in [-0.2, 0) is 35.8 Å². The zero-order valence-electron chi connectivity index (χ0n) is 20.8. The van der Waals surface area contributed by atoms with Gasteiger partial charge in [-0.25, -0.2) is 9.78 Å². The van der Waals surface area contributed by atoms with Crippen molar-refractivity contribution in [2.24, 2.45) is 13.0 Å². The molecule has 3 aromatic rings. The summed E-state index contributed by atoms with van der Waals surface area (Å²) in [7, 11) is 1.88. The van der Waals surface area contributed by atoms with Gasteiger partial charge in [0, 0.05) is 49.2 Å². The second kappa shape index (κ2) is 10.8. The molecule has 0 radical (unpaired) electrons. The third kappa shape index (κ3) is 5.59. The van der Waals surface area contributed by atoms with Crippen molar-refractivity contribution in [3.63, 3.8) is 0 Å². The van der Waals surface area contributed by atoms with E-state index in [1.54, 1.807) is 6.07 Å². The van der Waals surface area contributed by atoms with E-state index in [0.29, 0.717) is 18.1 Å². The summed E-state index contributed by atoms with van der Waals surface area (Å²) >= 11 is 0. The standard InChI is InChI=1S/C28H34N4O4/c1-32-12-10-20-16-21(17-29-26(20)32)27(33)31-25(28(34)35)11-13-36-23-14-18(15-23)6-8-22-9-7-19-4-2-3-5-24(19)30-22/h7,9-10,12,16-18,23,25H,2-6,8,11,13-15H2,1H3,(H,31,33)(H,34,35). The highest BCUT2D eigenvalue weighted by atomic mass is 16.5. The number of aryl methyl sites for hydroxylation is 4. The van der Waals surface area contributed by atoms with Gasteiger partial charge in [-0.15, -0.1) is 0 Å². The molecule has 8 heteroatoms. The highest BCUT2D eigenvalue weighted by molar-refractivity contribution is 5.98. The Bertz CT molecular complexity index is 1250. The lowest BCUT2D eigenvalue weighted by Gasteiger charge is -2.35. The first-order valence-electron chi connectivity index (χ1n) is 13.0. The van der Waals surface area contributed by atoms with E-state index in [2.05, 4.69) is 22.4 Å². The third-order valence-corrected chi connectivity index (χ3v) is 7.57. The first kappa shape index (κ1) is 24.4. The Kier molecular flexibility index (Phi) is 7.32. The number of carboxylic acid groups (broad SMARTS) is 1. The Morgan fingerprint density at radius 3 is 2.89 bits per heavy atom. The van der Waals surface area contributed by atoms with Crippen molar-refractivity contribution in [1.29, 1.82) is 0 Å². The molecule has 1 amide bonds. The van der Waals surface area contributed by atoms with Crippen LogP contribution in [0.25, 0.3) is 11.0 Å². The van der Waals surface area contributed by atoms with Crippen molar-refractivity contribution in [2.75, 3.05) is 6.61 Å². The zero-order valence-corrected chi connectivity index (χ0v) is 20.8. The zero-order chi connectivity index (χ0) is 25.1. The molecule has 0 aliphatic heterocycles. The van der Waals surface area contributed by atoms with Crippen LogP contribution in [0.3, 0.4) is 0 Å². The number of aromatic nitrogens is 3. The largest absolute Gasteiger partial charge is 0.480 e. The van der Waals surface area contributed by atoms with Gasteiger partial charge in [0.05, 0.1) is 11.7 Å². The van der Waals surface area contributed by atoms with Crippen LogP contribution in [0.15, 0.2) is 36.7 Å². The Hall–Kier alpha value is -3.26. The SMILES string of the molecule is Cn1ccc2cc(C(=O)NC(CCOC3CC(CCc4ccc5c(n4)CCCC5)C3)C(=O)O)cnc21. The molecular weight excluding hydrogens is 456 g/mol. The second-order valence-corrected chi connectivity index (χ2v) is 10.2. The van der Waals surface area contributed by atoms with Crippen LogP contribution < -0.4 is 5.32 Å². The van der Waals surface area contributed by atoms with Gasteiger partial charge in [-0.3, -0.25) is 9.78 Å². The van der Waals surface area contributed by atoms with Crippen LogP contribution in [0.4, 0.5) is 0 Å². The molecule has 8 nitrogen and oxygen atoms in total. The van der Waals surface area contributed by atoms with Crippen molar-refractivity contribution < 1.29 is 19.4 Å². The van der Waals surface area contributed by atoms with Crippen LogP contribution in [0.1, 0.15) is 65.8 Å². The van der Waals surface area contributed by atoms with Crippen LogP contribution in [0, 0.1) is 5.92 Å². The van der Waals surface area contributed by atoms with E-state index in [9.17, 15) is 14.7 Å². The van der Waals surface area contributed by atoms with E-state index in [4.69, 9.17) is 9.72 Å². The molecule has 190 valence electrons. The van der Waals surface area contributed by atoms with Gasteiger partial charge < -0.3 is 19.7 Å². The molecule has 2 aliphatic rings. The van der Waals surface area contributed by atoms with Gasteiger partial charge in [-0.1, -0.05) is 6.07 Å². The van der Waals surface area contributed by atoms with Gasteiger partial charge in [-0.2, -0.15) is 0 Å². The van der Waals surface area contributed by atoms with Gasteiger partial charge >= 0.3 is 5.97 Å². The average Bonchev–Trinajstić information content (AvgIpc) is 3.23. The summed E-state index contributed by atoms with van der Waals surface area (Å²) < 4.78 is 7.78. The van der Waals surface area contributed by atoms with Crippen LogP contribution in [0.5, 0.6) is 0 Å². The number of hydrogen-bond donors (Lipinski definition) is 2. The predicted molar refractivity (Wildman–Crippen MR) is 136 cm³/mol. The number of carbonyl (C=O) groups excluding carboxylic acids is 1. The molecule has 0 bridgehead atoms. The number of carbonyl (C=O) groups is 2. The van der Waals surface area contributed by atoms with Gasteiger partial charge in [0.1, 0.15) is 11.7 Å². The molecule has 3 aromatic heterocycles. The summed E-state index contributed by atoms with van der Waals surface area (Å²) in [5.74, 6) is -0.881. The number of nitrogens with zero attached hydrogens (tertiary/aromatic N) is 3. The highest BCUT2D eigenvalue weighted by Gasteiger charge is 2.30. The van der Waals surface area contributed by atoms with Crippen molar-refractivity contribution in [1.82, 2.24) is 19.9 Å². The number of carboxylic acids is 1. The smallest absolute Gasteiger partial charge is 0.326 e. The molecule has 3 heterocycles. The molecule has 5 rings (SSSR count). The second-order valence-electron chi connectivity index (χ2n) is 10.2. The fourth-order valence-electron chi connectivity index (χ4n) is 5.30. The summed E-state index contributed by atoms with van der Waals surface area (Å²) in [5.41, 5.74) is 5.03. The third-order valence-electron chi connectivity index (χ3n) is 7.57. The Balaban J connectivity index is 1.03. The number of amides is 1. The van der Waals surface area contributed by atoms with Crippen LogP contribution in [0.2, 0.25) is 0 Å². The maximum atomic E-state index is 12.6. The molecule has 0 aromatic carbocycles. The van der Waals surface area contributed by atoms with E-state index in [-0.39, 0.29) is 12.5 Å². The summed E-state index contributed by atoms with van der Waals surface area (Å²) in [6.45, 7) is 0.303. The molecule has 1 fully saturated rings. The normalized spacial score (nSPS) is 19.9. The number of ether oxygens (including phenoxy) is 1. The molecule has 1 unspecified atom stereocenters. The molecule has 0 saturated heterocycles. The Morgan fingerprint density at radius 1 is 1.22 bits per heavy atom. The summed E-state index contributed by atoms with van der Waals surface area (Å²) in [4.78, 5) is 33.5. The van der Waals surface area contributed by atoms with Gasteiger partial charge in [-0.05, 0) is 81.0 Å². The fourth-order valence-corrected chi connectivity index (χ4v) is 5.30. The van der Waals surface area contributed by atoms with Crippen LogP contribution >= 0.6 is 0 Å². The van der Waals surface area contributed by atoms with Crippen LogP contribution in [-0.4, -0.2) is 50.3 Å². The molecule has 1 atom stereocenters. The molecule has 0 spiro atoms. The molecular formula is C28H34N4O4. The van der Waals surface area contributed by atoms with Gasteiger partial charge in [0.2, 0.25) is 0 Å². The van der Waals surface area contributed by atoms with Crippen molar-refractivity contribution in [3.8, 4) is 0 Å². The minimum atomic E-state index is -1.07. The first-order valence-corrected chi connectivity index (χ1v) is 13.0. The summed E-state index contributed by atoms with van der Waals surface area (Å²) in [6, 6.07) is 7.04. The molecule has 1 saturated carbocycles. The number of rotatable bonds is 10. The monoisotopic (exact) mass is 490 g/mol. The number of hydrogen-bond acceptors (Lipinski definition) is 5. The minimum absolute atomic E-state index is 0.168. The van der Waals surface area contributed by atoms with Crippen molar-refractivity contribution in [2.45, 2.75) is 69.9 Å². The van der Waals surface area contributed by atoms with E-state index < -0.39 is 17.9 Å². The minimum Gasteiger partial charge on any atom is -0.480 e. The number of pyridine rings is 2. The fraction of sp³-hybridized carbons (Fsp3) is 0.500. The number of aliphatic carboxylic acids is 1. The first-order chi connectivity index (χ1) is 17.5. The van der Waals surface area contributed by atoms with E-state index >= 15 is 0 Å². The maximum Gasteiger partial charge on any atom is 0.326 e. The average molecular weight is 491 g/mol.